The summed E-state index contributed by atoms with van der Waals surface area (Å²) in [6.07, 6.45) is 6.52. The van der Waals surface area contributed by atoms with E-state index in [2.05, 4.69) is 69.3 Å². The smallest absolute Gasteiger partial charge is 0.256 e. The van der Waals surface area contributed by atoms with E-state index in [0.29, 0.717) is 44.3 Å². The second kappa shape index (κ2) is 10.9. The minimum absolute atomic E-state index is 0.0539. The molecule has 2 aliphatic heterocycles. The Balaban J connectivity index is 1.03. The zero-order valence-corrected chi connectivity index (χ0v) is 29.0. The second-order valence-corrected chi connectivity index (χ2v) is 16.2. The third-order valence-corrected chi connectivity index (χ3v) is 13.0. The lowest BCUT2D eigenvalue weighted by Gasteiger charge is -2.36. The molecule has 1 spiro atoms. The number of hydrogen-bond acceptors (Lipinski definition) is 5. The number of allylic oxidation sites excluding steroid dienone is 1. The number of benzene rings is 2. The summed E-state index contributed by atoms with van der Waals surface area (Å²) in [5, 5.41) is 1.31. The molecule has 3 amide bonds. The lowest BCUT2D eigenvalue weighted by molar-refractivity contribution is -0.137. The zero-order valence-electron chi connectivity index (χ0n) is 28.1. The third kappa shape index (κ3) is 5.06. The van der Waals surface area contributed by atoms with Crippen molar-refractivity contribution in [2.75, 3.05) is 33.2 Å². The van der Waals surface area contributed by atoms with Crippen molar-refractivity contribution < 1.29 is 14.4 Å². The van der Waals surface area contributed by atoms with Crippen LogP contribution in [0.1, 0.15) is 62.0 Å². The Labute approximate surface area is 281 Å². The normalized spacial score (nSPS) is 25.9. The monoisotopic (exact) mass is 648 g/mol. The van der Waals surface area contributed by atoms with E-state index in [0.717, 1.165) is 42.8 Å². The van der Waals surface area contributed by atoms with Crippen LogP contribution in [0.5, 0.6) is 0 Å². The number of aliphatic imine (C=N–C) groups is 1. The molecule has 2 aromatic carbocycles. The van der Waals surface area contributed by atoms with Crippen LogP contribution in [0.2, 0.25) is 0 Å². The summed E-state index contributed by atoms with van der Waals surface area (Å²) in [5.41, 5.74) is 5.34. The van der Waals surface area contributed by atoms with E-state index in [1.165, 1.54) is 31.7 Å². The molecule has 8 heteroatoms. The minimum Gasteiger partial charge on any atom is -0.345 e. The van der Waals surface area contributed by atoms with Gasteiger partial charge in [0.25, 0.3) is 5.91 Å². The second-order valence-electron chi connectivity index (χ2n) is 15.0. The van der Waals surface area contributed by atoms with Gasteiger partial charge in [-0.3, -0.25) is 24.3 Å². The first-order valence-electron chi connectivity index (χ1n) is 17.2. The number of amidine groups is 1. The number of aryl methyl sites for hydroxylation is 2. The summed E-state index contributed by atoms with van der Waals surface area (Å²) in [6, 6.07) is 15.2. The highest BCUT2D eigenvalue weighted by molar-refractivity contribution is 7.19. The fraction of sp³-hybridized carbons (Fsp3) is 0.487. The van der Waals surface area contributed by atoms with Gasteiger partial charge in [-0.05, 0) is 91.5 Å². The van der Waals surface area contributed by atoms with Gasteiger partial charge in [0.2, 0.25) is 11.8 Å². The first-order chi connectivity index (χ1) is 22.5. The minimum atomic E-state index is -0.809. The lowest BCUT2D eigenvalue weighted by atomic mass is 9.74. The van der Waals surface area contributed by atoms with E-state index >= 15 is 0 Å². The van der Waals surface area contributed by atoms with E-state index < -0.39 is 5.54 Å². The van der Waals surface area contributed by atoms with Crippen molar-refractivity contribution in [3.63, 3.8) is 0 Å². The van der Waals surface area contributed by atoms with E-state index in [4.69, 9.17) is 4.99 Å². The van der Waals surface area contributed by atoms with Crippen LogP contribution in [0.15, 0.2) is 59.1 Å². The molecule has 2 saturated carbocycles. The summed E-state index contributed by atoms with van der Waals surface area (Å²) in [7, 11) is 1.94. The van der Waals surface area contributed by atoms with E-state index in [1.807, 2.05) is 33.1 Å². The number of carbonyl (C=O) groups is 3. The van der Waals surface area contributed by atoms with Gasteiger partial charge in [0.15, 0.2) is 0 Å². The molecule has 1 aromatic heterocycles. The molecular weight excluding hydrogens is 605 g/mol. The highest BCUT2D eigenvalue weighted by atomic mass is 32.1. The molecule has 7 nitrogen and oxygen atoms in total. The number of piperidine rings is 1. The van der Waals surface area contributed by atoms with Crippen LogP contribution in [0.25, 0.3) is 21.2 Å². The average molecular weight is 649 g/mol. The molecule has 0 bridgehead atoms. The van der Waals surface area contributed by atoms with Crippen LogP contribution >= 0.6 is 11.3 Å². The van der Waals surface area contributed by atoms with Gasteiger partial charge in [-0.25, -0.2) is 0 Å². The quantitative estimate of drug-likeness (QED) is 0.258. The molecule has 8 rings (SSSR count). The van der Waals surface area contributed by atoms with Gasteiger partial charge in [-0.2, -0.15) is 0 Å². The molecule has 47 heavy (non-hydrogen) atoms. The van der Waals surface area contributed by atoms with Gasteiger partial charge >= 0.3 is 0 Å². The number of hydrogen-bond donors (Lipinski definition) is 0. The Bertz CT molecular complexity index is 1880. The predicted octanol–water partition coefficient (Wildman–Crippen LogP) is 6.61. The number of likely N-dealkylation sites (tertiary alicyclic amines) is 1. The summed E-state index contributed by atoms with van der Waals surface area (Å²) in [4.78, 5) is 51.3. The average Bonchev–Trinajstić information content (AvgIpc) is 3.97. The Morgan fingerprint density at radius 1 is 1.02 bits per heavy atom. The third-order valence-electron chi connectivity index (χ3n) is 11.9. The number of thiophene rings is 1. The number of nitrogens with zero attached hydrogens (tertiary/aromatic N) is 4. The van der Waals surface area contributed by atoms with Crippen LogP contribution in [0.4, 0.5) is 0 Å². The van der Waals surface area contributed by atoms with Crippen LogP contribution in [0, 0.1) is 37.0 Å². The summed E-state index contributed by atoms with van der Waals surface area (Å²) < 4.78 is 1.31. The molecule has 0 radical (unpaired) electrons. The van der Waals surface area contributed by atoms with Crippen LogP contribution in [-0.4, -0.2) is 77.0 Å². The molecule has 3 atom stereocenters. The van der Waals surface area contributed by atoms with E-state index in [-0.39, 0.29) is 29.1 Å². The lowest BCUT2D eigenvalue weighted by Crippen LogP contribution is -2.51. The molecule has 3 aromatic rings. The maximum absolute atomic E-state index is 14.4. The summed E-state index contributed by atoms with van der Waals surface area (Å²) >= 11 is 1.84. The fourth-order valence-electron chi connectivity index (χ4n) is 8.45. The molecular formula is C39H44N4O3S. The standard InChI is InChI=1S/C39H44N4O3S/c1-23-24(2)47-33-13-12-29(20-30(23)33)26-6-8-27(9-7-26)35-40-39(15-18-42(19-16-39)25(3)44)37(46)43(35)22-32-31-21-38(4,34(31)32)14-17-41(5)36(45)28-10-11-28/h6-9,12-13,20-21,28,32,34H,10-11,14-19,22H2,1-5H3. The van der Waals surface area contributed by atoms with Crippen molar-refractivity contribution in [3.8, 4) is 11.1 Å². The van der Waals surface area contributed by atoms with E-state index in [9.17, 15) is 14.4 Å². The Hall–Kier alpha value is -3.78. The molecule has 3 aliphatic carbocycles. The van der Waals surface area contributed by atoms with Crippen molar-refractivity contribution in [1.29, 1.82) is 0 Å². The molecule has 0 N–H and O–H groups in total. The number of rotatable bonds is 8. The molecule has 244 valence electrons. The van der Waals surface area contributed by atoms with Gasteiger partial charge < -0.3 is 9.80 Å². The molecule has 3 fully saturated rings. The maximum Gasteiger partial charge on any atom is 0.256 e. The SMILES string of the molecule is CC(=O)N1CCC2(CC1)N=C(c1ccc(-c3ccc4sc(C)c(C)c4c3)cc1)N(CC1C3=CC(C)(CCN(C)C(=O)C4CC4)C31)C2=O. The van der Waals surface area contributed by atoms with Crippen molar-refractivity contribution in [3.05, 3.63) is 70.1 Å². The highest BCUT2D eigenvalue weighted by Gasteiger charge is 2.63. The largest absolute Gasteiger partial charge is 0.345 e. The highest BCUT2D eigenvalue weighted by Crippen LogP contribution is 2.67. The van der Waals surface area contributed by atoms with Gasteiger partial charge in [0.05, 0.1) is 0 Å². The van der Waals surface area contributed by atoms with Crippen molar-refractivity contribution in [2.45, 2.75) is 65.3 Å². The van der Waals surface area contributed by atoms with Crippen LogP contribution in [-0.2, 0) is 14.4 Å². The van der Waals surface area contributed by atoms with Crippen LogP contribution in [0.3, 0.4) is 0 Å². The fourth-order valence-corrected chi connectivity index (χ4v) is 9.50. The maximum atomic E-state index is 14.4. The molecule has 1 saturated heterocycles. The Kier molecular flexibility index (Phi) is 7.07. The van der Waals surface area contributed by atoms with Crippen molar-refractivity contribution in [2.24, 2.45) is 28.2 Å². The van der Waals surface area contributed by atoms with Gasteiger partial charge in [-0.15, -0.1) is 11.3 Å². The number of fused-ring (bicyclic) bond motifs is 2. The topological polar surface area (TPSA) is 73.3 Å². The number of amides is 3. The number of carbonyl (C=O) groups excluding carboxylic acids is 3. The molecule has 3 unspecified atom stereocenters. The predicted molar refractivity (Wildman–Crippen MR) is 187 cm³/mol. The van der Waals surface area contributed by atoms with Gasteiger partial charge in [-0.1, -0.05) is 48.9 Å². The Morgan fingerprint density at radius 3 is 2.38 bits per heavy atom. The summed E-state index contributed by atoms with van der Waals surface area (Å²) in [6.45, 7) is 10.8. The zero-order chi connectivity index (χ0) is 32.8. The van der Waals surface area contributed by atoms with Gasteiger partial charge in [0.1, 0.15) is 11.4 Å². The van der Waals surface area contributed by atoms with Crippen molar-refractivity contribution >= 4 is 45.0 Å². The molecule has 5 aliphatic rings. The Morgan fingerprint density at radius 2 is 1.70 bits per heavy atom. The van der Waals surface area contributed by atoms with E-state index in [1.54, 1.807) is 6.92 Å². The van der Waals surface area contributed by atoms with Crippen LogP contribution < -0.4 is 0 Å². The first-order valence-corrected chi connectivity index (χ1v) is 18.1. The molecule has 3 heterocycles. The van der Waals surface area contributed by atoms with Gasteiger partial charge in [0, 0.05) is 67.1 Å². The van der Waals surface area contributed by atoms with Crippen molar-refractivity contribution in [1.82, 2.24) is 14.7 Å². The summed E-state index contributed by atoms with van der Waals surface area (Å²) in [5.74, 6) is 2.22. The first kappa shape index (κ1) is 30.5.